The molecule has 1 amide bonds. The number of aryl methyl sites for hydroxylation is 1. The first-order valence-electron chi connectivity index (χ1n) is 3.75. The molecule has 0 fully saturated rings. The van der Waals surface area contributed by atoms with Crippen LogP contribution in [0.4, 0.5) is 0 Å². The molecule has 0 bridgehead atoms. The molecule has 5 heteroatoms. The minimum atomic E-state index is 0.109. The Bertz CT molecular complexity index is 242. The molecule has 0 aromatic carbocycles. The van der Waals surface area contributed by atoms with Crippen molar-refractivity contribution in [2.24, 2.45) is 0 Å². The fourth-order valence-electron chi connectivity index (χ4n) is 0.806. The summed E-state index contributed by atoms with van der Waals surface area (Å²) in [6.07, 6.45) is 2.83. The normalized spacial score (nSPS) is 9.83. The monoisotopic (exact) mass is 168 g/mol. The number of H-pyrrole nitrogens is 1. The van der Waals surface area contributed by atoms with Crippen LogP contribution in [0.5, 0.6) is 0 Å². The lowest BCUT2D eigenvalue weighted by Gasteiger charge is -2.08. The van der Waals surface area contributed by atoms with Gasteiger partial charge >= 0.3 is 0 Å². The van der Waals surface area contributed by atoms with Crippen LogP contribution in [-0.2, 0) is 11.2 Å². The maximum atomic E-state index is 11.1. The van der Waals surface area contributed by atoms with Gasteiger partial charge in [-0.05, 0) is 0 Å². The summed E-state index contributed by atoms with van der Waals surface area (Å²) in [6.45, 7) is 0. The highest BCUT2D eigenvalue weighted by Crippen LogP contribution is 1.97. The van der Waals surface area contributed by atoms with Gasteiger partial charge in [0.15, 0.2) is 0 Å². The molecule has 1 heterocycles. The van der Waals surface area contributed by atoms with Crippen molar-refractivity contribution in [1.82, 2.24) is 20.3 Å². The van der Waals surface area contributed by atoms with Crippen molar-refractivity contribution in [2.75, 3.05) is 14.1 Å². The van der Waals surface area contributed by atoms with Crippen LogP contribution in [0.3, 0.4) is 0 Å². The number of carbonyl (C=O) groups excluding carboxylic acids is 1. The zero-order valence-electron chi connectivity index (χ0n) is 7.24. The number of hydrogen-bond acceptors (Lipinski definition) is 3. The van der Waals surface area contributed by atoms with Crippen molar-refractivity contribution in [3.63, 3.8) is 0 Å². The third-order valence-electron chi connectivity index (χ3n) is 1.56. The first kappa shape index (κ1) is 8.70. The lowest BCUT2D eigenvalue weighted by atomic mass is 10.2. The summed E-state index contributed by atoms with van der Waals surface area (Å²) < 4.78 is 0. The highest BCUT2D eigenvalue weighted by Gasteiger charge is 2.04. The topological polar surface area (TPSA) is 61.9 Å². The number of aromatic nitrogens is 3. The largest absolute Gasteiger partial charge is 0.349 e. The van der Waals surface area contributed by atoms with E-state index < -0.39 is 0 Å². The molecular formula is C7H12N4O. The Hall–Kier alpha value is -1.39. The van der Waals surface area contributed by atoms with Crippen LogP contribution >= 0.6 is 0 Å². The molecular weight excluding hydrogens is 156 g/mol. The summed E-state index contributed by atoms with van der Waals surface area (Å²) in [7, 11) is 3.48. The number of rotatable bonds is 3. The fraction of sp³-hybridized carbons (Fsp3) is 0.571. The number of hydrogen-bond donors (Lipinski definition) is 1. The van der Waals surface area contributed by atoms with E-state index in [0.29, 0.717) is 12.8 Å². The Morgan fingerprint density at radius 2 is 2.42 bits per heavy atom. The second-order valence-corrected chi connectivity index (χ2v) is 2.75. The maximum Gasteiger partial charge on any atom is 0.222 e. The van der Waals surface area contributed by atoms with Gasteiger partial charge in [0.1, 0.15) is 0 Å². The van der Waals surface area contributed by atoms with Crippen molar-refractivity contribution >= 4 is 5.91 Å². The van der Waals surface area contributed by atoms with E-state index in [9.17, 15) is 4.79 Å². The van der Waals surface area contributed by atoms with Crippen molar-refractivity contribution < 1.29 is 4.79 Å². The highest BCUT2D eigenvalue weighted by molar-refractivity contribution is 5.75. The molecule has 0 aliphatic heterocycles. The average molecular weight is 168 g/mol. The SMILES string of the molecule is CN(C)C(=O)CCc1c[nH]nn1. The van der Waals surface area contributed by atoms with Gasteiger partial charge in [-0.15, -0.1) is 5.10 Å². The molecule has 1 rings (SSSR count). The highest BCUT2D eigenvalue weighted by atomic mass is 16.2. The van der Waals surface area contributed by atoms with Crippen LogP contribution < -0.4 is 0 Å². The zero-order chi connectivity index (χ0) is 8.97. The smallest absolute Gasteiger partial charge is 0.222 e. The van der Waals surface area contributed by atoms with Gasteiger partial charge in [-0.25, -0.2) is 0 Å². The molecule has 1 N–H and O–H groups in total. The molecule has 0 spiro atoms. The van der Waals surface area contributed by atoms with E-state index in [1.807, 2.05) is 0 Å². The van der Waals surface area contributed by atoms with Gasteiger partial charge in [-0.1, -0.05) is 5.21 Å². The molecule has 0 unspecified atom stereocenters. The summed E-state index contributed by atoms with van der Waals surface area (Å²) >= 11 is 0. The lowest BCUT2D eigenvalue weighted by molar-refractivity contribution is -0.128. The molecule has 1 aromatic heterocycles. The van der Waals surface area contributed by atoms with Gasteiger partial charge < -0.3 is 4.90 Å². The minimum absolute atomic E-state index is 0.109. The van der Waals surface area contributed by atoms with E-state index in [1.54, 1.807) is 25.2 Å². The summed E-state index contributed by atoms with van der Waals surface area (Å²) in [5.41, 5.74) is 0.824. The van der Waals surface area contributed by atoms with Crippen LogP contribution in [0, 0.1) is 0 Å². The number of carbonyl (C=O) groups is 1. The van der Waals surface area contributed by atoms with Crippen molar-refractivity contribution in [2.45, 2.75) is 12.8 Å². The van der Waals surface area contributed by atoms with Crippen LogP contribution in [0.25, 0.3) is 0 Å². The van der Waals surface area contributed by atoms with Crippen molar-refractivity contribution in [1.29, 1.82) is 0 Å². The summed E-state index contributed by atoms with van der Waals surface area (Å²) in [5, 5.41) is 9.91. The zero-order valence-corrected chi connectivity index (χ0v) is 7.24. The van der Waals surface area contributed by atoms with Gasteiger partial charge in [-0.3, -0.25) is 9.89 Å². The molecule has 12 heavy (non-hydrogen) atoms. The predicted octanol–water partition coefficient (Wildman–Crippen LogP) is -0.175. The molecule has 0 aliphatic carbocycles. The van der Waals surface area contributed by atoms with E-state index in [-0.39, 0.29) is 5.91 Å². The number of amides is 1. The molecule has 0 atom stereocenters. The van der Waals surface area contributed by atoms with Gasteiger partial charge in [0, 0.05) is 33.1 Å². The molecule has 5 nitrogen and oxygen atoms in total. The van der Waals surface area contributed by atoms with E-state index in [2.05, 4.69) is 15.4 Å². The van der Waals surface area contributed by atoms with Gasteiger partial charge in [-0.2, -0.15) is 0 Å². The van der Waals surface area contributed by atoms with E-state index in [0.717, 1.165) is 5.69 Å². The molecule has 0 aliphatic rings. The van der Waals surface area contributed by atoms with Gasteiger partial charge in [0.05, 0.1) is 5.69 Å². The molecule has 0 saturated carbocycles. The van der Waals surface area contributed by atoms with E-state index in [4.69, 9.17) is 0 Å². The predicted molar refractivity (Wildman–Crippen MR) is 43.4 cm³/mol. The average Bonchev–Trinajstić information content (AvgIpc) is 2.51. The van der Waals surface area contributed by atoms with E-state index in [1.165, 1.54) is 0 Å². The minimum Gasteiger partial charge on any atom is -0.349 e. The number of nitrogens with one attached hydrogen (secondary N) is 1. The summed E-state index contributed by atoms with van der Waals surface area (Å²) in [6, 6.07) is 0. The third kappa shape index (κ3) is 2.34. The van der Waals surface area contributed by atoms with Crippen molar-refractivity contribution in [3.8, 4) is 0 Å². The van der Waals surface area contributed by atoms with Crippen LogP contribution in [0.1, 0.15) is 12.1 Å². The lowest BCUT2D eigenvalue weighted by Crippen LogP contribution is -2.21. The second-order valence-electron chi connectivity index (χ2n) is 2.75. The molecule has 0 radical (unpaired) electrons. The Morgan fingerprint density at radius 3 is 2.92 bits per heavy atom. The Labute approximate surface area is 70.8 Å². The van der Waals surface area contributed by atoms with Gasteiger partial charge in [0.2, 0.25) is 5.91 Å². The van der Waals surface area contributed by atoms with Crippen LogP contribution in [-0.4, -0.2) is 40.3 Å². The van der Waals surface area contributed by atoms with E-state index >= 15 is 0 Å². The third-order valence-corrected chi connectivity index (χ3v) is 1.56. The van der Waals surface area contributed by atoms with Crippen molar-refractivity contribution in [3.05, 3.63) is 11.9 Å². The first-order chi connectivity index (χ1) is 5.70. The quantitative estimate of drug-likeness (QED) is 0.681. The summed E-state index contributed by atoms with van der Waals surface area (Å²) in [5.74, 6) is 0.109. The molecule has 1 aromatic rings. The van der Waals surface area contributed by atoms with Crippen LogP contribution in [0.15, 0.2) is 6.20 Å². The summed E-state index contributed by atoms with van der Waals surface area (Å²) in [4.78, 5) is 12.7. The Kier molecular flexibility index (Phi) is 2.79. The number of aromatic amines is 1. The Morgan fingerprint density at radius 1 is 1.67 bits per heavy atom. The fourth-order valence-corrected chi connectivity index (χ4v) is 0.806. The molecule has 66 valence electrons. The first-order valence-corrected chi connectivity index (χ1v) is 3.75. The molecule has 0 saturated heterocycles. The second kappa shape index (κ2) is 3.85. The standard InChI is InChI=1S/C7H12N4O/c1-11(2)7(12)4-3-6-5-8-10-9-6/h5H,3-4H2,1-2H3,(H,8,9,10). The van der Waals surface area contributed by atoms with Gasteiger partial charge in [0.25, 0.3) is 0 Å². The Balaban J connectivity index is 2.32. The van der Waals surface area contributed by atoms with Crippen LogP contribution in [0.2, 0.25) is 0 Å². The maximum absolute atomic E-state index is 11.1. The number of nitrogens with zero attached hydrogens (tertiary/aromatic N) is 3.